The van der Waals surface area contributed by atoms with E-state index in [0.717, 1.165) is 12.0 Å². The number of rotatable bonds is 9. The molecule has 0 aromatic heterocycles. The summed E-state index contributed by atoms with van der Waals surface area (Å²) in [6.07, 6.45) is 0.990. The van der Waals surface area contributed by atoms with E-state index in [1.54, 1.807) is 19.1 Å². The summed E-state index contributed by atoms with van der Waals surface area (Å²) in [5.41, 5.74) is 3.49. The molecule has 0 aliphatic rings. The van der Waals surface area contributed by atoms with E-state index in [2.05, 4.69) is 60.4 Å². The molecule has 0 saturated heterocycles. The van der Waals surface area contributed by atoms with Crippen molar-refractivity contribution in [2.75, 3.05) is 18.9 Å². The number of carbonyl (C=O) groups is 1. The van der Waals surface area contributed by atoms with Crippen molar-refractivity contribution in [2.24, 2.45) is 5.92 Å². The van der Waals surface area contributed by atoms with E-state index >= 15 is 0 Å². The summed E-state index contributed by atoms with van der Waals surface area (Å²) >= 11 is 0. The second-order valence-corrected chi connectivity index (χ2v) is 9.29. The predicted octanol–water partition coefficient (Wildman–Crippen LogP) is 3.39. The molecule has 7 heteroatoms. The molecule has 0 radical (unpaired) electrons. The Kier molecular flexibility index (Phi) is 7.96. The third kappa shape index (κ3) is 6.13. The molecule has 3 N–H and O–H groups in total. The maximum absolute atomic E-state index is 12.4. The molecule has 0 aliphatic carbocycles. The number of aryl methyl sites for hydroxylation is 2. The average Bonchev–Trinajstić information content (AvgIpc) is 2.69. The largest absolute Gasteiger partial charge is 0.325 e. The van der Waals surface area contributed by atoms with Crippen LogP contribution in [0.3, 0.4) is 0 Å². The summed E-state index contributed by atoms with van der Waals surface area (Å²) in [6.45, 7) is 8.18. The standard InChI is InChI=1S/C22H31N3O3S/c1-6-17-8-10-18(11-9-17)22(15(2)3)24-14-21(26)25-19-12-7-16(4)20(13-19)29(27,28)23-5/h7-13,15,22-24H,6,14H2,1-5H3,(H,25,26)/t22-/m1/s1. The average molecular weight is 418 g/mol. The van der Waals surface area contributed by atoms with Crippen LogP contribution in [0.4, 0.5) is 5.69 Å². The van der Waals surface area contributed by atoms with E-state index in [1.807, 2.05) is 0 Å². The van der Waals surface area contributed by atoms with Crippen molar-refractivity contribution < 1.29 is 13.2 Å². The molecular formula is C22H31N3O3S. The fraction of sp³-hybridized carbons (Fsp3) is 0.409. The second kappa shape index (κ2) is 10.0. The number of carbonyl (C=O) groups excluding carboxylic acids is 1. The van der Waals surface area contributed by atoms with E-state index in [0.29, 0.717) is 17.2 Å². The molecule has 29 heavy (non-hydrogen) atoms. The Morgan fingerprint density at radius 3 is 2.28 bits per heavy atom. The summed E-state index contributed by atoms with van der Waals surface area (Å²) in [5.74, 6) is 0.0829. The minimum Gasteiger partial charge on any atom is -0.325 e. The highest BCUT2D eigenvalue weighted by molar-refractivity contribution is 7.89. The van der Waals surface area contributed by atoms with Crippen molar-refractivity contribution in [1.29, 1.82) is 0 Å². The van der Waals surface area contributed by atoms with Gasteiger partial charge in [-0.3, -0.25) is 4.79 Å². The van der Waals surface area contributed by atoms with Gasteiger partial charge in [-0.05, 0) is 55.1 Å². The van der Waals surface area contributed by atoms with Gasteiger partial charge in [0.15, 0.2) is 0 Å². The first kappa shape index (κ1) is 23.1. The summed E-state index contributed by atoms with van der Waals surface area (Å²) in [4.78, 5) is 12.6. The predicted molar refractivity (Wildman–Crippen MR) is 117 cm³/mol. The molecule has 0 heterocycles. The number of hydrogen-bond donors (Lipinski definition) is 3. The van der Waals surface area contributed by atoms with Crippen molar-refractivity contribution in [3.05, 3.63) is 59.2 Å². The van der Waals surface area contributed by atoms with Gasteiger partial charge in [0.1, 0.15) is 0 Å². The third-order valence-corrected chi connectivity index (χ3v) is 6.48. The van der Waals surface area contributed by atoms with Gasteiger partial charge < -0.3 is 10.6 Å². The Labute approximate surface area is 174 Å². The van der Waals surface area contributed by atoms with Gasteiger partial charge in [0.2, 0.25) is 15.9 Å². The van der Waals surface area contributed by atoms with E-state index in [-0.39, 0.29) is 23.4 Å². The van der Waals surface area contributed by atoms with Crippen LogP contribution in [0.25, 0.3) is 0 Å². The fourth-order valence-corrected chi connectivity index (χ4v) is 4.18. The Hall–Kier alpha value is -2.22. The third-order valence-electron chi connectivity index (χ3n) is 4.93. The zero-order valence-corrected chi connectivity index (χ0v) is 18.6. The SMILES string of the molecule is CCc1ccc([C@H](NCC(=O)Nc2ccc(C)c(S(=O)(=O)NC)c2)C(C)C)cc1. The summed E-state index contributed by atoms with van der Waals surface area (Å²) in [7, 11) is -2.22. The van der Waals surface area contributed by atoms with Crippen molar-refractivity contribution in [3.63, 3.8) is 0 Å². The minimum atomic E-state index is -3.58. The summed E-state index contributed by atoms with van der Waals surface area (Å²) in [5, 5.41) is 6.09. The Balaban J connectivity index is 2.07. The van der Waals surface area contributed by atoms with E-state index < -0.39 is 10.0 Å². The van der Waals surface area contributed by atoms with Crippen LogP contribution >= 0.6 is 0 Å². The van der Waals surface area contributed by atoms with Gasteiger partial charge in [0.05, 0.1) is 11.4 Å². The number of sulfonamides is 1. The number of nitrogens with one attached hydrogen (secondary N) is 3. The minimum absolute atomic E-state index is 0.0462. The van der Waals surface area contributed by atoms with Crippen LogP contribution < -0.4 is 15.4 Å². The number of anilines is 1. The highest BCUT2D eigenvalue weighted by atomic mass is 32.2. The van der Waals surface area contributed by atoms with Gasteiger partial charge in [0, 0.05) is 11.7 Å². The second-order valence-electron chi connectivity index (χ2n) is 7.43. The lowest BCUT2D eigenvalue weighted by atomic mass is 9.95. The highest BCUT2D eigenvalue weighted by Gasteiger charge is 2.18. The lowest BCUT2D eigenvalue weighted by molar-refractivity contribution is -0.115. The van der Waals surface area contributed by atoms with Gasteiger partial charge >= 0.3 is 0 Å². The molecule has 158 valence electrons. The quantitative estimate of drug-likeness (QED) is 0.584. The fourth-order valence-electron chi connectivity index (χ4n) is 3.18. The number of amides is 1. The van der Waals surface area contributed by atoms with Gasteiger partial charge in [-0.2, -0.15) is 0 Å². The molecule has 0 saturated carbocycles. The first-order chi connectivity index (χ1) is 13.7. The van der Waals surface area contributed by atoms with Crippen molar-refractivity contribution in [1.82, 2.24) is 10.0 Å². The molecule has 2 aromatic rings. The molecule has 0 aliphatic heterocycles. The molecule has 0 unspecified atom stereocenters. The van der Waals surface area contributed by atoms with Crippen LogP contribution in [-0.4, -0.2) is 27.9 Å². The summed E-state index contributed by atoms with van der Waals surface area (Å²) < 4.78 is 26.5. The maximum Gasteiger partial charge on any atom is 0.240 e. The lowest BCUT2D eigenvalue weighted by Gasteiger charge is -2.23. The van der Waals surface area contributed by atoms with Crippen molar-refractivity contribution in [2.45, 2.75) is 45.1 Å². The molecule has 2 rings (SSSR count). The molecule has 1 atom stereocenters. The van der Waals surface area contributed by atoms with E-state index in [4.69, 9.17) is 0 Å². The molecule has 0 bridgehead atoms. The molecule has 0 fully saturated rings. The maximum atomic E-state index is 12.4. The van der Waals surface area contributed by atoms with Crippen LogP contribution in [0.5, 0.6) is 0 Å². The van der Waals surface area contributed by atoms with Crippen LogP contribution in [0, 0.1) is 12.8 Å². The van der Waals surface area contributed by atoms with Gasteiger partial charge in [-0.15, -0.1) is 0 Å². The van der Waals surface area contributed by atoms with Crippen LogP contribution in [0.2, 0.25) is 0 Å². The van der Waals surface area contributed by atoms with Gasteiger partial charge in [-0.25, -0.2) is 13.1 Å². The van der Waals surface area contributed by atoms with Gasteiger partial charge in [0.25, 0.3) is 0 Å². The topological polar surface area (TPSA) is 87.3 Å². The molecule has 0 spiro atoms. The van der Waals surface area contributed by atoms with Crippen molar-refractivity contribution in [3.8, 4) is 0 Å². The monoisotopic (exact) mass is 417 g/mol. The van der Waals surface area contributed by atoms with E-state index in [9.17, 15) is 13.2 Å². The normalized spacial score (nSPS) is 12.8. The number of benzene rings is 2. The first-order valence-electron chi connectivity index (χ1n) is 9.84. The molecule has 6 nitrogen and oxygen atoms in total. The molecule has 1 amide bonds. The van der Waals surface area contributed by atoms with Crippen LogP contribution in [-0.2, 0) is 21.2 Å². The van der Waals surface area contributed by atoms with Crippen molar-refractivity contribution >= 4 is 21.6 Å². The Morgan fingerprint density at radius 1 is 1.07 bits per heavy atom. The molecule has 2 aromatic carbocycles. The van der Waals surface area contributed by atoms with Gasteiger partial charge in [-0.1, -0.05) is 51.1 Å². The van der Waals surface area contributed by atoms with Crippen LogP contribution in [0.1, 0.15) is 43.5 Å². The zero-order chi connectivity index (χ0) is 21.6. The lowest BCUT2D eigenvalue weighted by Crippen LogP contribution is -2.33. The first-order valence-corrected chi connectivity index (χ1v) is 11.3. The smallest absolute Gasteiger partial charge is 0.240 e. The van der Waals surface area contributed by atoms with Crippen LogP contribution in [0.15, 0.2) is 47.4 Å². The Bertz CT molecular complexity index is 938. The number of hydrogen-bond acceptors (Lipinski definition) is 4. The molecular weight excluding hydrogens is 386 g/mol. The Morgan fingerprint density at radius 2 is 1.72 bits per heavy atom. The zero-order valence-electron chi connectivity index (χ0n) is 17.7. The van der Waals surface area contributed by atoms with E-state index in [1.165, 1.54) is 18.7 Å². The summed E-state index contributed by atoms with van der Waals surface area (Å²) in [6, 6.07) is 13.3. The highest BCUT2D eigenvalue weighted by Crippen LogP contribution is 2.23.